The molecule has 2 heteroatoms. The number of fused-ring (bicyclic) bond motifs is 1. The average Bonchev–Trinajstić information content (AvgIpc) is 2.75. The van der Waals surface area contributed by atoms with Crippen molar-refractivity contribution in [2.75, 3.05) is 13.1 Å². The van der Waals surface area contributed by atoms with Crippen LogP contribution in [0.1, 0.15) is 31.2 Å². The summed E-state index contributed by atoms with van der Waals surface area (Å²) in [6, 6.07) is 12.4. The molecule has 2 fully saturated rings. The summed E-state index contributed by atoms with van der Waals surface area (Å²) in [5.41, 5.74) is 1.46. The minimum Gasteiger partial charge on any atom is -0.312 e. The Labute approximate surface area is 104 Å². The molecule has 0 aromatic heterocycles. The first-order valence-electron chi connectivity index (χ1n) is 6.95. The zero-order valence-electron chi connectivity index (χ0n) is 10.4. The van der Waals surface area contributed by atoms with Gasteiger partial charge < -0.3 is 5.32 Å². The van der Waals surface area contributed by atoms with Crippen LogP contribution in [-0.4, -0.2) is 30.1 Å². The minimum absolute atomic E-state index is 0.751. The van der Waals surface area contributed by atoms with Gasteiger partial charge in [0.1, 0.15) is 0 Å². The molecular weight excluding hydrogens is 208 g/mol. The van der Waals surface area contributed by atoms with Gasteiger partial charge in [-0.1, -0.05) is 36.8 Å². The van der Waals surface area contributed by atoms with E-state index in [-0.39, 0.29) is 0 Å². The van der Waals surface area contributed by atoms with Crippen LogP contribution in [0.5, 0.6) is 0 Å². The standard InChI is InChI=1S/C15H22N2/c1-2-6-13(7-3-1)12-17-11-5-4-8-14-15(17)9-10-16-14/h1-3,6-7,14-16H,4-5,8-12H2/t14-,15+/m0/s1. The fourth-order valence-electron chi connectivity index (χ4n) is 3.34. The molecule has 3 rings (SSSR count). The van der Waals surface area contributed by atoms with E-state index < -0.39 is 0 Å². The Morgan fingerprint density at radius 1 is 1.12 bits per heavy atom. The van der Waals surface area contributed by atoms with Crippen LogP contribution in [0.25, 0.3) is 0 Å². The quantitative estimate of drug-likeness (QED) is 0.839. The third-order valence-electron chi connectivity index (χ3n) is 4.22. The van der Waals surface area contributed by atoms with Crippen molar-refractivity contribution >= 4 is 0 Å². The molecule has 0 saturated carbocycles. The molecule has 2 saturated heterocycles. The number of likely N-dealkylation sites (tertiary alicyclic amines) is 1. The van der Waals surface area contributed by atoms with E-state index in [0.29, 0.717) is 0 Å². The predicted molar refractivity (Wildman–Crippen MR) is 70.9 cm³/mol. The number of nitrogens with zero attached hydrogens (tertiary/aromatic N) is 1. The predicted octanol–water partition coefficient (Wildman–Crippen LogP) is 2.40. The average molecular weight is 230 g/mol. The summed E-state index contributed by atoms with van der Waals surface area (Å²) >= 11 is 0. The van der Waals surface area contributed by atoms with Crippen molar-refractivity contribution in [2.45, 2.75) is 44.3 Å². The number of hydrogen-bond donors (Lipinski definition) is 1. The van der Waals surface area contributed by atoms with Crippen molar-refractivity contribution in [3.05, 3.63) is 35.9 Å². The molecule has 1 aromatic rings. The fraction of sp³-hybridized carbons (Fsp3) is 0.600. The van der Waals surface area contributed by atoms with Crippen LogP contribution in [0, 0.1) is 0 Å². The Morgan fingerprint density at radius 3 is 2.88 bits per heavy atom. The highest BCUT2D eigenvalue weighted by molar-refractivity contribution is 5.15. The normalized spacial score (nSPS) is 29.9. The van der Waals surface area contributed by atoms with Crippen molar-refractivity contribution in [3.63, 3.8) is 0 Å². The smallest absolute Gasteiger partial charge is 0.0264 e. The van der Waals surface area contributed by atoms with Crippen molar-refractivity contribution in [2.24, 2.45) is 0 Å². The van der Waals surface area contributed by atoms with E-state index in [1.54, 1.807) is 0 Å². The van der Waals surface area contributed by atoms with Crippen molar-refractivity contribution < 1.29 is 0 Å². The van der Waals surface area contributed by atoms with Crippen molar-refractivity contribution in [1.29, 1.82) is 0 Å². The van der Waals surface area contributed by atoms with Crippen molar-refractivity contribution in [3.8, 4) is 0 Å². The summed E-state index contributed by atoms with van der Waals surface area (Å²) in [5.74, 6) is 0. The van der Waals surface area contributed by atoms with Gasteiger partial charge in [-0.3, -0.25) is 4.90 Å². The van der Waals surface area contributed by atoms with Gasteiger partial charge in [0.25, 0.3) is 0 Å². The SMILES string of the molecule is c1ccc(CN2CCCC[C@@H]3NCC[C@H]32)cc1. The van der Waals surface area contributed by atoms with E-state index in [4.69, 9.17) is 0 Å². The molecule has 1 N–H and O–H groups in total. The first kappa shape index (κ1) is 11.2. The topological polar surface area (TPSA) is 15.3 Å². The second-order valence-electron chi connectivity index (χ2n) is 5.37. The molecule has 0 unspecified atom stereocenters. The highest BCUT2D eigenvalue weighted by atomic mass is 15.2. The van der Waals surface area contributed by atoms with Crippen LogP contribution in [0.15, 0.2) is 30.3 Å². The van der Waals surface area contributed by atoms with E-state index in [2.05, 4.69) is 40.5 Å². The number of rotatable bonds is 2. The lowest BCUT2D eigenvalue weighted by molar-refractivity contribution is 0.186. The zero-order valence-corrected chi connectivity index (χ0v) is 10.4. The van der Waals surface area contributed by atoms with E-state index in [1.807, 2.05) is 0 Å². The van der Waals surface area contributed by atoms with Crippen LogP contribution in [-0.2, 0) is 6.54 Å². The maximum Gasteiger partial charge on any atom is 0.0264 e. The Morgan fingerprint density at radius 2 is 2.00 bits per heavy atom. The fourth-order valence-corrected chi connectivity index (χ4v) is 3.34. The molecule has 0 bridgehead atoms. The summed E-state index contributed by atoms with van der Waals surface area (Å²) in [6.45, 7) is 3.61. The van der Waals surface area contributed by atoms with Crippen LogP contribution in [0.4, 0.5) is 0 Å². The summed E-state index contributed by atoms with van der Waals surface area (Å²) in [6.07, 6.45) is 5.45. The molecule has 2 aliphatic heterocycles. The van der Waals surface area contributed by atoms with Gasteiger partial charge in [0, 0.05) is 18.6 Å². The molecule has 2 atom stereocenters. The Bertz CT molecular complexity index is 349. The molecule has 92 valence electrons. The second-order valence-corrected chi connectivity index (χ2v) is 5.37. The summed E-state index contributed by atoms with van der Waals surface area (Å²) in [5, 5.41) is 3.67. The van der Waals surface area contributed by atoms with Gasteiger partial charge in [-0.2, -0.15) is 0 Å². The molecule has 0 radical (unpaired) electrons. The van der Waals surface area contributed by atoms with Gasteiger partial charge in [0.2, 0.25) is 0 Å². The van der Waals surface area contributed by atoms with Crippen molar-refractivity contribution in [1.82, 2.24) is 10.2 Å². The van der Waals surface area contributed by atoms with Gasteiger partial charge in [-0.25, -0.2) is 0 Å². The Hall–Kier alpha value is -0.860. The number of benzene rings is 1. The lowest BCUT2D eigenvalue weighted by Gasteiger charge is -2.30. The molecule has 1 aromatic carbocycles. The molecule has 0 spiro atoms. The van der Waals surface area contributed by atoms with Gasteiger partial charge in [0.15, 0.2) is 0 Å². The highest BCUT2D eigenvalue weighted by Crippen LogP contribution is 2.25. The van der Waals surface area contributed by atoms with Crippen LogP contribution >= 0.6 is 0 Å². The Balaban J connectivity index is 1.72. The molecule has 2 nitrogen and oxygen atoms in total. The molecule has 2 aliphatic rings. The maximum atomic E-state index is 3.67. The molecule has 2 heterocycles. The first-order chi connectivity index (χ1) is 8.43. The molecule has 17 heavy (non-hydrogen) atoms. The van der Waals surface area contributed by atoms with E-state index in [1.165, 1.54) is 44.3 Å². The van der Waals surface area contributed by atoms with Gasteiger partial charge in [0.05, 0.1) is 0 Å². The van der Waals surface area contributed by atoms with Gasteiger partial charge >= 0.3 is 0 Å². The van der Waals surface area contributed by atoms with E-state index >= 15 is 0 Å². The first-order valence-corrected chi connectivity index (χ1v) is 6.95. The molecular formula is C15H22N2. The lowest BCUT2D eigenvalue weighted by Crippen LogP contribution is -2.41. The monoisotopic (exact) mass is 230 g/mol. The highest BCUT2D eigenvalue weighted by Gasteiger charge is 2.32. The zero-order chi connectivity index (χ0) is 11.5. The lowest BCUT2D eigenvalue weighted by atomic mass is 10.0. The minimum atomic E-state index is 0.751. The van der Waals surface area contributed by atoms with Gasteiger partial charge in [-0.05, 0) is 37.9 Å². The second kappa shape index (κ2) is 5.19. The number of nitrogens with one attached hydrogen (secondary N) is 1. The third-order valence-corrected chi connectivity index (χ3v) is 4.22. The Kier molecular flexibility index (Phi) is 3.44. The van der Waals surface area contributed by atoms with Crippen LogP contribution < -0.4 is 5.32 Å². The summed E-state index contributed by atoms with van der Waals surface area (Å²) in [4.78, 5) is 2.70. The van der Waals surface area contributed by atoms with E-state index in [9.17, 15) is 0 Å². The third kappa shape index (κ3) is 2.53. The summed E-state index contributed by atoms with van der Waals surface area (Å²) < 4.78 is 0. The summed E-state index contributed by atoms with van der Waals surface area (Å²) in [7, 11) is 0. The van der Waals surface area contributed by atoms with Crippen LogP contribution in [0.2, 0.25) is 0 Å². The van der Waals surface area contributed by atoms with E-state index in [0.717, 1.165) is 18.6 Å². The number of hydrogen-bond acceptors (Lipinski definition) is 2. The molecule has 0 amide bonds. The molecule has 0 aliphatic carbocycles. The maximum absolute atomic E-state index is 3.67. The largest absolute Gasteiger partial charge is 0.312 e. The van der Waals surface area contributed by atoms with Crippen LogP contribution in [0.3, 0.4) is 0 Å². The van der Waals surface area contributed by atoms with Gasteiger partial charge in [-0.15, -0.1) is 0 Å².